The highest BCUT2D eigenvalue weighted by Gasteiger charge is 2.07. The Labute approximate surface area is 114 Å². The van der Waals surface area contributed by atoms with Crippen LogP contribution in [0.2, 0.25) is 0 Å². The van der Waals surface area contributed by atoms with Crippen molar-refractivity contribution < 1.29 is 0 Å². The summed E-state index contributed by atoms with van der Waals surface area (Å²) in [6.45, 7) is 1.44. The molecule has 2 N–H and O–H groups in total. The fourth-order valence-corrected chi connectivity index (χ4v) is 2.08. The molecule has 0 atom stereocenters. The maximum absolute atomic E-state index is 8.88. The van der Waals surface area contributed by atoms with Crippen molar-refractivity contribution in [2.24, 2.45) is 0 Å². The average Bonchev–Trinajstić information content (AvgIpc) is 3.07. The van der Waals surface area contributed by atoms with Crippen molar-refractivity contribution in [2.75, 3.05) is 5.73 Å². The first-order valence-corrected chi connectivity index (χ1v) is 6.12. The van der Waals surface area contributed by atoms with Crippen LogP contribution in [0.15, 0.2) is 25.0 Å². The Bertz CT molecular complexity index is 778. The lowest BCUT2D eigenvalue weighted by Crippen LogP contribution is -2.05. The lowest BCUT2D eigenvalue weighted by atomic mass is 10.4. The Kier molecular flexibility index (Phi) is 3.01. The van der Waals surface area contributed by atoms with Crippen molar-refractivity contribution in [1.29, 1.82) is 5.26 Å². The van der Waals surface area contributed by atoms with Crippen LogP contribution in [-0.2, 0) is 13.1 Å². The molecule has 0 aliphatic carbocycles. The maximum Gasteiger partial charge on any atom is 0.212 e. The van der Waals surface area contributed by atoms with Gasteiger partial charge in [-0.1, -0.05) is 0 Å². The van der Waals surface area contributed by atoms with Crippen molar-refractivity contribution in [3.63, 3.8) is 0 Å². The first-order valence-electron chi connectivity index (χ1n) is 6.12. The van der Waals surface area contributed by atoms with E-state index in [0.717, 1.165) is 18.6 Å². The molecule has 3 aromatic heterocycles. The molecule has 8 heteroatoms. The van der Waals surface area contributed by atoms with E-state index in [1.54, 1.807) is 18.7 Å². The molecule has 0 radical (unpaired) electrons. The number of rotatable bonds is 4. The summed E-state index contributed by atoms with van der Waals surface area (Å²) >= 11 is 0. The number of aromatic nitrogens is 6. The minimum absolute atomic E-state index is 0.384. The molecule has 3 rings (SSSR count). The summed E-state index contributed by atoms with van der Waals surface area (Å²) in [5.74, 6) is 0.808. The molecule has 0 saturated heterocycles. The summed E-state index contributed by atoms with van der Waals surface area (Å²) in [5.41, 5.74) is 7.08. The Hall–Kier alpha value is -2.95. The van der Waals surface area contributed by atoms with Crippen LogP contribution in [0.3, 0.4) is 0 Å². The molecule has 0 unspecified atom stereocenters. The molecule has 100 valence electrons. The summed E-state index contributed by atoms with van der Waals surface area (Å²) in [6.07, 6.45) is 7.39. The van der Waals surface area contributed by atoms with E-state index >= 15 is 0 Å². The molecule has 0 aliphatic heterocycles. The van der Waals surface area contributed by atoms with Crippen molar-refractivity contribution >= 4 is 17.0 Å². The molecule has 0 aromatic carbocycles. The average molecular weight is 268 g/mol. The van der Waals surface area contributed by atoms with Gasteiger partial charge in [0.05, 0.1) is 6.33 Å². The molecule has 0 amide bonds. The molecule has 0 aliphatic rings. The fourth-order valence-electron chi connectivity index (χ4n) is 2.08. The van der Waals surface area contributed by atoms with Gasteiger partial charge in [0.1, 0.15) is 17.9 Å². The lowest BCUT2D eigenvalue weighted by Gasteiger charge is -2.05. The second-order valence-electron chi connectivity index (χ2n) is 4.28. The van der Waals surface area contributed by atoms with Gasteiger partial charge in [0, 0.05) is 25.5 Å². The summed E-state index contributed by atoms with van der Waals surface area (Å²) in [4.78, 5) is 16.3. The van der Waals surface area contributed by atoms with E-state index in [9.17, 15) is 0 Å². The van der Waals surface area contributed by atoms with E-state index in [1.165, 1.54) is 6.33 Å². The predicted octanol–water partition coefficient (Wildman–Crippen LogP) is 0.567. The number of nitrogens with zero attached hydrogens (tertiary/aromatic N) is 7. The van der Waals surface area contributed by atoms with E-state index < -0.39 is 0 Å². The van der Waals surface area contributed by atoms with Crippen LogP contribution < -0.4 is 5.73 Å². The molecule has 0 saturated carbocycles. The summed E-state index contributed by atoms with van der Waals surface area (Å²) in [6, 6.07) is 2.05. The van der Waals surface area contributed by atoms with Gasteiger partial charge in [-0.05, 0) is 6.42 Å². The zero-order valence-corrected chi connectivity index (χ0v) is 10.6. The van der Waals surface area contributed by atoms with Crippen LogP contribution in [0, 0.1) is 11.3 Å². The summed E-state index contributed by atoms with van der Waals surface area (Å²) in [7, 11) is 0. The van der Waals surface area contributed by atoms with Gasteiger partial charge in [0.15, 0.2) is 11.5 Å². The van der Waals surface area contributed by atoms with Crippen molar-refractivity contribution in [2.45, 2.75) is 19.5 Å². The first-order chi connectivity index (χ1) is 9.79. The van der Waals surface area contributed by atoms with Gasteiger partial charge in [0.25, 0.3) is 0 Å². The Morgan fingerprint density at radius 2 is 2.00 bits per heavy atom. The number of aryl methyl sites for hydroxylation is 2. The van der Waals surface area contributed by atoms with Crippen LogP contribution in [-0.4, -0.2) is 29.1 Å². The van der Waals surface area contributed by atoms with Gasteiger partial charge in [-0.3, -0.25) is 0 Å². The minimum Gasteiger partial charge on any atom is -0.382 e. The zero-order valence-electron chi connectivity index (χ0n) is 10.6. The van der Waals surface area contributed by atoms with Crippen LogP contribution in [0.25, 0.3) is 11.2 Å². The Morgan fingerprint density at radius 3 is 2.85 bits per heavy atom. The molecule has 0 spiro atoms. The van der Waals surface area contributed by atoms with Crippen molar-refractivity contribution in [3.8, 4) is 6.07 Å². The summed E-state index contributed by atoms with van der Waals surface area (Å²) < 4.78 is 3.75. The van der Waals surface area contributed by atoms with Crippen molar-refractivity contribution in [1.82, 2.24) is 29.1 Å². The van der Waals surface area contributed by atoms with Crippen molar-refractivity contribution in [3.05, 3.63) is 30.9 Å². The normalized spacial score (nSPS) is 10.8. The van der Waals surface area contributed by atoms with E-state index in [1.807, 2.05) is 9.13 Å². The van der Waals surface area contributed by atoms with Gasteiger partial charge >= 0.3 is 0 Å². The quantitative estimate of drug-likeness (QED) is 0.740. The second kappa shape index (κ2) is 4.97. The molecular weight excluding hydrogens is 256 g/mol. The van der Waals surface area contributed by atoms with E-state index in [2.05, 4.69) is 26.0 Å². The van der Waals surface area contributed by atoms with Crippen LogP contribution in [0.5, 0.6) is 0 Å². The van der Waals surface area contributed by atoms with E-state index in [-0.39, 0.29) is 0 Å². The standard InChI is InChI=1S/C12H12N8/c13-6-9-15-2-5-19(9)3-1-4-20-8-18-10-11(14)16-7-17-12(10)20/h2,5,7-8H,1,3-4H2,(H2,14,16,17). The Balaban J connectivity index is 1.72. The monoisotopic (exact) mass is 268 g/mol. The van der Waals surface area contributed by atoms with Gasteiger partial charge in [-0.2, -0.15) is 5.26 Å². The fraction of sp³-hybridized carbons (Fsp3) is 0.250. The molecular formula is C12H12N8. The number of imidazole rings is 2. The number of hydrogen-bond acceptors (Lipinski definition) is 6. The Morgan fingerprint density at radius 1 is 1.15 bits per heavy atom. The molecule has 3 heterocycles. The molecule has 0 fully saturated rings. The van der Waals surface area contributed by atoms with Crippen LogP contribution >= 0.6 is 0 Å². The second-order valence-corrected chi connectivity index (χ2v) is 4.28. The predicted molar refractivity (Wildman–Crippen MR) is 71.3 cm³/mol. The third-order valence-corrected chi connectivity index (χ3v) is 3.04. The number of nitrogen functional groups attached to an aromatic ring is 1. The largest absolute Gasteiger partial charge is 0.382 e. The third kappa shape index (κ3) is 2.05. The highest BCUT2D eigenvalue weighted by Crippen LogP contribution is 2.14. The summed E-state index contributed by atoms with van der Waals surface area (Å²) in [5, 5.41) is 8.88. The number of hydrogen-bond donors (Lipinski definition) is 1. The molecule has 20 heavy (non-hydrogen) atoms. The minimum atomic E-state index is 0.384. The highest BCUT2D eigenvalue weighted by atomic mass is 15.1. The topological polar surface area (TPSA) is 111 Å². The lowest BCUT2D eigenvalue weighted by molar-refractivity contribution is 0.565. The van der Waals surface area contributed by atoms with E-state index in [4.69, 9.17) is 11.0 Å². The van der Waals surface area contributed by atoms with E-state index in [0.29, 0.717) is 23.7 Å². The molecule has 0 bridgehead atoms. The van der Waals surface area contributed by atoms with Crippen LogP contribution in [0.4, 0.5) is 5.82 Å². The van der Waals surface area contributed by atoms with Gasteiger partial charge in [0.2, 0.25) is 5.82 Å². The highest BCUT2D eigenvalue weighted by molar-refractivity contribution is 5.80. The number of fused-ring (bicyclic) bond motifs is 1. The van der Waals surface area contributed by atoms with Gasteiger partial charge in [-0.15, -0.1) is 0 Å². The molecule has 3 aromatic rings. The molecule has 8 nitrogen and oxygen atoms in total. The zero-order chi connectivity index (χ0) is 13.9. The number of anilines is 1. The smallest absolute Gasteiger partial charge is 0.212 e. The number of nitrogens with two attached hydrogens (primary N) is 1. The van der Waals surface area contributed by atoms with Crippen LogP contribution in [0.1, 0.15) is 12.2 Å². The van der Waals surface area contributed by atoms with Gasteiger partial charge < -0.3 is 14.9 Å². The number of nitriles is 1. The SMILES string of the molecule is N#Cc1nccn1CCCn1cnc2c(N)ncnc21. The maximum atomic E-state index is 8.88. The third-order valence-electron chi connectivity index (χ3n) is 3.04. The van der Waals surface area contributed by atoms with Gasteiger partial charge in [-0.25, -0.2) is 19.9 Å². The first kappa shape index (κ1) is 12.1.